The molecule has 2 aromatic heterocycles. The number of rotatable bonds is 4. The Balaban J connectivity index is 0.00000225. The number of imidazole rings is 1. The van der Waals surface area contributed by atoms with Crippen LogP contribution < -0.4 is 10.6 Å². The van der Waals surface area contributed by atoms with Crippen LogP contribution in [0.15, 0.2) is 33.7 Å². The fourth-order valence-corrected chi connectivity index (χ4v) is 2.51. The van der Waals surface area contributed by atoms with Crippen LogP contribution in [0.5, 0.6) is 0 Å². The Kier molecular flexibility index (Phi) is 6.40. The molecule has 1 aromatic carbocycles. The van der Waals surface area contributed by atoms with Gasteiger partial charge in [-0.25, -0.2) is 9.97 Å². The number of benzene rings is 1. The van der Waals surface area contributed by atoms with E-state index < -0.39 is 0 Å². The minimum Gasteiger partial charge on any atom is -0.444 e. The molecule has 0 radical (unpaired) electrons. The van der Waals surface area contributed by atoms with Gasteiger partial charge in [-0.1, -0.05) is 12.1 Å². The third-order valence-corrected chi connectivity index (χ3v) is 4.00. The van der Waals surface area contributed by atoms with Crippen LogP contribution in [-0.4, -0.2) is 27.5 Å². The Bertz CT molecular complexity index is 863. The van der Waals surface area contributed by atoms with Gasteiger partial charge in [0.1, 0.15) is 11.6 Å². The number of aliphatic imine (C=N–C) groups is 1. The molecule has 2 heterocycles. The molecule has 0 saturated heterocycles. The summed E-state index contributed by atoms with van der Waals surface area (Å²) in [7, 11) is 3.75. The standard InChI is InChI=1S/C17H22N6O.HI/c1-11-12(2)24-16(21-11)10-20-17(18-3)19-9-15-22-13-7-5-6-8-14(13)23(15)4;/h5-8H,9-10H2,1-4H3,(H2,18,19,20);1H. The number of nitrogens with one attached hydrogen (secondary N) is 2. The van der Waals surface area contributed by atoms with Crippen LogP contribution >= 0.6 is 24.0 Å². The maximum Gasteiger partial charge on any atom is 0.214 e. The van der Waals surface area contributed by atoms with Gasteiger partial charge in [-0.3, -0.25) is 4.99 Å². The second-order valence-corrected chi connectivity index (χ2v) is 5.60. The Morgan fingerprint density at radius 3 is 2.52 bits per heavy atom. The predicted octanol–water partition coefficient (Wildman–Crippen LogP) is 2.66. The molecule has 2 N–H and O–H groups in total. The maximum atomic E-state index is 5.56. The molecule has 0 amide bonds. The fraction of sp³-hybridized carbons (Fsp3) is 0.353. The molecule has 0 spiro atoms. The molecule has 0 atom stereocenters. The molecule has 3 rings (SSSR count). The average molecular weight is 454 g/mol. The van der Waals surface area contributed by atoms with Crippen LogP contribution in [0.3, 0.4) is 0 Å². The maximum absolute atomic E-state index is 5.56. The highest BCUT2D eigenvalue weighted by atomic mass is 127. The van der Waals surface area contributed by atoms with Crippen LogP contribution in [0.25, 0.3) is 11.0 Å². The number of para-hydroxylation sites is 2. The third-order valence-electron chi connectivity index (χ3n) is 4.00. The minimum absolute atomic E-state index is 0. The van der Waals surface area contributed by atoms with Crippen molar-refractivity contribution >= 4 is 41.0 Å². The van der Waals surface area contributed by atoms with Crippen LogP contribution in [0.1, 0.15) is 23.2 Å². The first kappa shape index (κ1) is 19.2. The van der Waals surface area contributed by atoms with Gasteiger partial charge in [-0.2, -0.15) is 0 Å². The van der Waals surface area contributed by atoms with Crippen LogP contribution in [0.2, 0.25) is 0 Å². The van der Waals surface area contributed by atoms with Gasteiger partial charge in [0.05, 0.1) is 29.8 Å². The summed E-state index contributed by atoms with van der Waals surface area (Å²) >= 11 is 0. The van der Waals surface area contributed by atoms with Crippen molar-refractivity contribution in [3.63, 3.8) is 0 Å². The van der Waals surface area contributed by atoms with E-state index in [9.17, 15) is 0 Å². The van der Waals surface area contributed by atoms with Crippen molar-refractivity contribution in [1.82, 2.24) is 25.2 Å². The molecule has 0 fully saturated rings. The molecule has 0 aliphatic carbocycles. The summed E-state index contributed by atoms with van der Waals surface area (Å²) < 4.78 is 7.64. The normalized spacial score (nSPS) is 11.4. The SMILES string of the molecule is CN=C(NCc1nc(C)c(C)o1)NCc1nc2ccccc2n1C.I. The van der Waals surface area contributed by atoms with E-state index in [1.54, 1.807) is 7.05 Å². The summed E-state index contributed by atoms with van der Waals surface area (Å²) in [5.74, 6) is 3.11. The molecule has 134 valence electrons. The van der Waals surface area contributed by atoms with Gasteiger partial charge < -0.3 is 19.6 Å². The zero-order chi connectivity index (χ0) is 17.1. The summed E-state index contributed by atoms with van der Waals surface area (Å²) in [6.45, 7) is 4.90. The van der Waals surface area contributed by atoms with E-state index in [1.165, 1.54) is 0 Å². The Morgan fingerprint density at radius 2 is 1.88 bits per heavy atom. The van der Waals surface area contributed by atoms with E-state index in [4.69, 9.17) is 4.42 Å². The van der Waals surface area contributed by atoms with E-state index in [-0.39, 0.29) is 24.0 Å². The zero-order valence-electron chi connectivity index (χ0n) is 14.8. The van der Waals surface area contributed by atoms with Crippen LogP contribution in [-0.2, 0) is 20.1 Å². The molecule has 8 heteroatoms. The largest absolute Gasteiger partial charge is 0.444 e. The number of nitrogens with zero attached hydrogens (tertiary/aromatic N) is 4. The van der Waals surface area contributed by atoms with Gasteiger partial charge in [0.2, 0.25) is 5.89 Å². The van der Waals surface area contributed by atoms with Gasteiger partial charge >= 0.3 is 0 Å². The van der Waals surface area contributed by atoms with Crippen molar-refractivity contribution in [2.24, 2.45) is 12.0 Å². The number of oxazole rings is 1. The molecule has 0 bridgehead atoms. The van der Waals surface area contributed by atoms with Crippen LogP contribution in [0.4, 0.5) is 0 Å². The highest BCUT2D eigenvalue weighted by molar-refractivity contribution is 14.0. The molecule has 0 aliphatic rings. The van der Waals surface area contributed by atoms with E-state index in [0.29, 0.717) is 24.9 Å². The van der Waals surface area contributed by atoms with Crippen molar-refractivity contribution in [3.05, 3.63) is 47.4 Å². The minimum atomic E-state index is 0. The van der Waals surface area contributed by atoms with Crippen molar-refractivity contribution in [3.8, 4) is 0 Å². The monoisotopic (exact) mass is 454 g/mol. The lowest BCUT2D eigenvalue weighted by molar-refractivity contribution is 0.463. The number of hydrogen-bond donors (Lipinski definition) is 2. The molecule has 0 aliphatic heterocycles. The number of halogens is 1. The summed E-state index contributed by atoms with van der Waals surface area (Å²) in [5.41, 5.74) is 3.02. The second kappa shape index (κ2) is 8.32. The van der Waals surface area contributed by atoms with Gasteiger partial charge in [-0.05, 0) is 26.0 Å². The summed E-state index contributed by atoms with van der Waals surface area (Å²) in [4.78, 5) is 13.2. The number of hydrogen-bond acceptors (Lipinski definition) is 4. The first-order chi connectivity index (χ1) is 11.6. The second-order valence-electron chi connectivity index (χ2n) is 5.60. The lowest BCUT2D eigenvalue weighted by Gasteiger charge is -2.10. The van der Waals surface area contributed by atoms with Gasteiger partial charge in [0.25, 0.3) is 0 Å². The lowest BCUT2D eigenvalue weighted by atomic mass is 10.3. The first-order valence-corrected chi connectivity index (χ1v) is 7.86. The van der Waals surface area contributed by atoms with E-state index in [1.807, 2.05) is 39.1 Å². The van der Waals surface area contributed by atoms with Crippen molar-refractivity contribution < 1.29 is 4.42 Å². The lowest BCUT2D eigenvalue weighted by Crippen LogP contribution is -2.37. The number of aryl methyl sites for hydroxylation is 3. The average Bonchev–Trinajstić information content (AvgIpc) is 3.08. The highest BCUT2D eigenvalue weighted by Crippen LogP contribution is 2.13. The summed E-state index contributed by atoms with van der Waals surface area (Å²) in [5, 5.41) is 6.46. The van der Waals surface area contributed by atoms with Crippen molar-refractivity contribution in [2.45, 2.75) is 26.9 Å². The quantitative estimate of drug-likeness (QED) is 0.360. The van der Waals surface area contributed by atoms with E-state index >= 15 is 0 Å². The van der Waals surface area contributed by atoms with E-state index in [0.717, 1.165) is 28.3 Å². The molecule has 0 saturated carbocycles. The molecule has 0 unspecified atom stereocenters. The first-order valence-electron chi connectivity index (χ1n) is 7.86. The van der Waals surface area contributed by atoms with Gasteiger partial charge in [0, 0.05) is 14.1 Å². The number of guanidine groups is 1. The Morgan fingerprint density at radius 1 is 1.16 bits per heavy atom. The topological polar surface area (TPSA) is 80.3 Å². The van der Waals surface area contributed by atoms with Crippen molar-refractivity contribution in [2.75, 3.05) is 7.05 Å². The van der Waals surface area contributed by atoms with E-state index in [2.05, 4.69) is 36.2 Å². The molecule has 3 aromatic rings. The third kappa shape index (κ3) is 4.30. The van der Waals surface area contributed by atoms with Gasteiger partial charge in [0.15, 0.2) is 5.96 Å². The fourth-order valence-electron chi connectivity index (χ4n) is 2.51. The summed E-state index contributed by atoms with van der Waals surface area (Å²) in [6.07, 6.45) is 0. The molecule has 7 nitrogen and oxygen atoms in total. The number of fused-ring (bicyclic) bond motifs is 1. The predicted molar refractivity (Wildman–Crippen MR) is 109 cm³/mol. The summed E-state index contributed by atoms with van der Waals surface area (Å²) in [6, 6.07) is 8.08. The smallest absolute Gasteiger partial charge is 0.214 e. The molecular weight excluding hydrogens is 431 g/mol. The number of aromatic nitrogens is 3. The highest BCUT2D eigenvalue weighted by Gasteiger charge is 2.09. The zero-order valence-corrected chi connectivity index (χ0v) is 17.2. The Labute approximate surface area is 164 Å². The molecule has 25 heavy (non-hydrogen) atoms. The van der Waals surface area contributed by atoms with Gasteiger partial charge in [-0.15, -0.1) is 24.0 Å². The Hall–Kier alpha value is -2.10. The molecular formula is C17H23IN6O. The van der Waals surface area contributed by atoms with Crippen LogP contribution in [0, 0.1) is 13.8 Å². The van der Waals surface area contributed by atoms with Crippen molar-refractivity contribution in [1.29, 1.82) is 0 Å².